The Morgan fingerprint density at radius 2 is 2.15 bits per heavy atom. The van der Waals surface area contributed by atoms with E-state index in [1.807, 2.05) is 0 Å². The standard InChI is InChI=1S/C15H26N2O2S/c1-11(5-6-13(18)19)7-8-16-9-12-10-20-14(17-12)15(2,3)4/h10-11,16H,5-9H2,1-4H3,(H,18,19). The van der Waals surface area contributed by atoms with Crippen LogP contribution in [0.2, 0.25) is 0 Å². The first-order valence-corrected chi connectivity index (χ1v) is 8.04. The quantitative estimate of drug-likeness (QED) is 0.722. The van der Waals surface area contributed by atoms with Crippen molar-refractivity contribution < 1.29 is 9.90 Å². The van der Waals surface area contributed by atoms with Crippen molar-refractivity contribution in [1.82, 2.24) is 10.3 Å². The van der Waals surface area contributed by atoms with Crippen LogP contribution in [0.3, 0.4) is 0 Å². The second-order valence-corrected chi connectivity index (χ2v) is 7.26. The molecule has 0 aromatic carbocycles. The van der Waals surface area contributed by atoms with Gasteiger partial charge in [-0.25, -0.2) is 4.98 Å². The number of hydrogen-bond acceptors (Lipinski definition) is 4. The number of hydrogen-bond donors (Lipinski definition) is 2. The summed E-state index contributed by atoms with van der Waals surface area (Å²) < 4.78 is 0. The Kier molecular flexibility index (Phi) is 6.62. The first-order valence-electron chi connectivity index (χ1n) is 7.16. The summed E-state index contributed by atoms with van der Waals surface area (Å²) in [7, 11) is 0. The first-order chi connectivity index (χ1) is 9.29. The molecule has 0 amide bonds. The minimum Gasteiger partial charge on any atom is -0.481 e. The lowest BCUT2D eigenvalue weighted by Gasteiger charge is -2.13. The Morgan fingerprint density at radius 1 is 1.45 bits per heavy atom. The molecule has 1 heterocycles. The first kappa shape index (κ1) is 17.1. The van der Waals surface area contributed by atoms with Crippen molar-refractivity contribution in [3.8, 4) is 0 Å². The summed E-state index contributed by atoms with van der Waals surface area (Å²) in [4.78, 5) is 15.1. The number of carboxylic acids is 1. The van der Waals surface area contributed by atoms with Gasteiger partial charge in [-0.2, -0.15) is 0 Å². The fourth-order valence-electron chi connectivity index (χ4n) is 1.81. The van der Waals surface area contributed by atoms with Crippen LogP contribution < -0.4 is 5.32 Å². The highest BCUT2D eigenvalue weighted by Gasteiger charge is 2.17. The summed E-state index contributed by atoms with van der Waals surface area (Å²) in [6, 6.07) is 0. The zero-order valence-corrected chi connectivity index (χ0v) is 13.7. The van der Waals surface area contributed by atoms with Gasteiger partial charge in [0, 0.05) is 23.8 Å². The van der Waals surface area contributed by atoms with E-state index >= 15 is 0 Å². The van der Waals surface area contributed by atoms with Crippen molar-refractivity contribution in [3.63, 3.8) is 0 Å². The van der Waals surface area contributed by atoms with Crippen molar-refractivity contribution in [2.75, 3.05) is 6.54 Å². The summed E-state index contributed by atoms with van der Waals surface area (Å²) in [5.74, 6) is -0.263. The molecule has 1 unspecified atom stereocenters. The lowest BCUT2D eigenvalue weighted by molar-refractivity contribution is -0.137. The molecule has 0 aliphatic carbocycles. The minimum absolute atomic E-state index is 0.119. The molecule has 114 valence electrons. The maximum absolute atomic E-state index is 10.5. The van der Waals surface area contributed by atoms with Crippen molar-refractivity contribution >= 4 is 17.3 Å². The van der Waals surface area contributed by atoms with Gasteiger partial charge >= 0.3 is 5.97 Å². The van der Waals surface area contributed by atoms with E-state index in [2.05, 4.69) is 43.4 Å². The number of nitrogens with one attached hydrogen (secondary N) is 1. The van der Waals surface area contributed by atoms with E-state index in [9.17, 15) is 4.79 Å². The fraction of sp³-hybridized carbons (Fsp3) is 0.733. The van der Waals surface area contributed by atoms with Crippen LogP contribution in [-0.4, -0.2) is 22.6 Å². The zero-order chi connectivity index (χ0) is 15.2. The third-order valence-electron chi connectivity index (χ3n) is 3.16. The minimum atomic E-state index is -0.706. The summed E-state index contributed by atoms with van der Waals surface area (Å²) in [6.45, 7) is 10.3. The molecule has 5 heteroatoms. The van der Waals surface area contributed by atoms with Crippen molar-refractivity contribution in [2.45, 2.75) is 58.9 Å². The Balaban J connectivity index is 2.21. The molecule has 0 saturated heterocycles. The highest BCUT2D eigenvalue weighted by Crippen LogP contribution is 2.25. The van der Waals surface area contributed by atoms with E-state index in [-0.39, 0.29) is 11.8 Å². The van der Waals surface area contributed by atoms with Crippen LogP contribution in [0, 0.1) is 5.92 Å². The van der Waals surface area contributed by atoms with Gasteiger partial charge in [-0.3, -0.25) is 4.79 Å². The molecule has 1 atom stereocenters. The van der Waals surface area contributed by atoms with Crippen LogP contribution in [-0.2, 0) is 16.8 Å². The molecule has 20 heavy (non-hydrogen) atoms. The van der Waals surface area contributed by atoms with Crippen LogP contribution in [0.5, 0.6) is 0 Å². The molecular formula is C15H26N2O2S. The average molecular weight is 298 g/mol. The molecule has 0 aliphatic heterocycles. The number of rotatable bonds is 8. The molecule has 4 nitrogen and oxygen atoms in total. The van der Waals surface area contributed by atoms with E-state index in [0.29, 0.717) is 5.92 Å². The Labute approximate surface area is 125 Å². The molecular weight excluding hydrogens is 272 g/mol. The predicted octanol–water partition coefficient (Wildman–Crippen LogP) is 3.42. The lowest BCUT2D eigenvalue weighted by atomic mass is 9.98. The van der Waals surface area contributed by atoms with Gasteiger partial charge in [0.15, 0.2) is 0 Å². The number of carboxylic acid groups (broad SMARTS) is 1. The number of aliphatic carboxylic acids is 1. The molecule has 1 aromatic heterocycles. The van der Waals surface area contributed by atoms with E-state index < -0.39 is 5.97 Å². The molecule has 0 fully saturated rings. The maximum atomic E-state index is 10.5. The van der Waals surface area contributed by atoms with Gasteiger partial charge in [-0.05, 0) is 25.3 Å². The lowest BCUT2D eigenvalue weighted by Crippen LogP contribution is -2.18. The summed E-state index contributed by atoms with van der Waals surface area (Å²) in [5, 5.41) is 15.3. The predicted molar refractivity (Wildman–Crippen MR) is 83.2 cm³/mol. The SMILES string of the molecule is CC(CCNCc1csc(C(C)(C)C)n1)CCC(=O)O. The van der Waals surface area contributed by atoms with Gasteiger partial charge in [-0.1, -0.05) is 27.7 Å². The topological polar surface area (TPSA) is 62.2 Å². The van der Waals surface area contributed by atoms with Gasteiger partial charge in [0.25, 0.3) is 0 Å². The van der Waals surface area contributed by atoms with Crippen molar-refractivity contribution in [3.05, 3.63) is 16.1 Å². The van der Waals surface area contributed by atoms with Gasteiger partial charge in [0.1, 0.15) is 0 Å². The molecule has 0 aliphatic rings. The van der Waals surface area contributed by atoms with Crippen LogP contribution in [0.15, 0.2) is 5.38 Å². The van der Waals surface area contributed by atoms with Crippen LogP contribution in [0.1, 0.15) is 57.7 Å². The highest BCUT2D eigenvalue weighted by molar-refractivity contribution is 7.09. The second-order valence-electron chi connectivity index (χ2n) is 6.40. The molecule has 2 N–H and O–H groups in total. The van der Waals surface area contributed by atoms with Gasteiger partial charge in [0.05, 0.1) is 10.7 Å². The maximum Gasteiger partial charge on any atom is 0.303 e. The monoisotopic (exact) mass is 298 g/mol. The summed E-state index contributed by atoms with van der Waals surface area (Å²) >= 11 is 1.72. The van der Waals surface area contributed by atoms with E-state index in [4.69, 9.17) is 5.11 Å². The second kappa shape index (κ2) is 7.74. The largest absolute Gasteiger partial charge is 0.481 e. The molecule has 0 bridgehead atoms. The highest BCUT2D eigenvalue weighted by atomic mass is 32.1. The molecule has 0 saturated carbocycles. The molecule has 1 aromatic rings. The third-order valence-corrected chi connectivity index (χ3v) is 4.48. The van der Waals surface area contributed by atoms with Gasteiger partial charge < -0.3 is 10.4 Å². The summed E-state index contributed by atoms with van der Waals surface area (Å²) in [5.41, 5.74) is 1.21. The summed E-state index contributed by atoms with van der Waals surface area (Å²) in [6.07, 6.45) is 2.02. The normalized spacial score (nSPS) is 13.4. The smallest absolute Gasteiger partial charge is 0.303 e. The van der Waals surface area contributed by atoms with Gasteiger partial charge in [0.2, 0.25) is 0 Å². The number of carbonyl (C=O) groups is 1. The van der Waals surface area contributed by atoms with E-state index in [1.54, 1.807) is 11.3 Å². The third kappa shape index (κ3) is 6.48. The van der Waals surface area contributed by atoms with Crippen LogP contribution in [0.4, 0.5) is 0 Å². The number of thiazole rings is 1. The molecule has 0 radical (unpaired) electrons. The zero-order valence-electron chi connectivity index (χ0n) is 12.9. The van der Waals surface area contributed by atoms with Crippen LogP contribution >= 0.6 is 11.3 Å². The Hall–Kier alpha value is -0.940. The van der Waals surface area contributed by atoms with E-state index in [0.717, 1.165) is 31.6 Å². The van der Waals surface area contributed by atoms with Crippen molar-refractivity contribution in [1.29, 1.82) is 0 Å². The average Bonchev–Trinajstić information content (AvgIpc) is 2.80. The Morgan fingerprint density at radius 3 is 2.70 bits per heavy atom. The number of nitrogens with zero attached hydrogens (tertiary/aromatic N) is 1. The van der Waals surface area contributed by atoms with E-state index in [1.165, 1.54) is 5.01 Å². The van der Waals surface area contributed by atoms with Crippen LogP contribution in [0.25, 0.3) is 0 Å². The Bertz CT molecular complexity index is 424. The fourth-order valence-corrected chi connectivity index (χ4v) is 2.72. The number of aromatic nitrogens is 1. The van der Waals surface area contributed by atoms with Crippen molar-refractivity contribution in [2.24, 2.45) is 5.92 Å². The van der Waals surface area contributed by atoms with Gasteiger partial charge in [-0.15, -0.1) is 11.3 Å². The molecule has 1 rings (SSSR count). The molecule has 0 spiro atoms.